The highest BCUT2D eigenvalue weighted by atomic mass is 35.5. The van der Waals surface area contributed by atoms with Crippen molar-refractivity contribution in [3.8, 4) is 5.75 Å². The summed E-state index contributed by atoms with van der Waals surface area (Å²) in [5.41, 5.74) is 6.24. The summed E-state index contributed by atoms with van der Waals surface area (Å²) in [5.74, 6) is -0.0226. The van der Waals surface area contributed by atoms with E-state index in [2.05, 4.69) is 16.7 Å². The lowest BCUT2D eigenvalue weighted by Gasteiger charge is -2.24. The molecule has 1 N–H and O–H groups in total. The quantitative estimate of drug-likeness (QED) is 0.225. The van der Waals surface area contributed by atoms with E-state index in [0.717, 1.165) is 63.8 Å². The Labute approximate surface area is 230 Å². The van der Waals surface area contributed by atoms with Crippen molar-refractivity contribution in [3.63, 3.8) is 0 Å². The van der Waals surface area contributed by atoms with Crippen molar-refractivity contribution < 1.29 is 14.6 Å². The lowest BCUT2D eigenvalue weighted by atomic mass is 9.84. The van der Waals surface area contributed by atoms with E-state index < -0.39 is 5.97 Å². The van der Waals surface area contributed by atoms with Gasteiger partial charge >= 0.3 is 5.97 Å². The molecule has 38 heavy (non-hydrogen) atoms. The van der Waals surface area contributed by atoms with Crippen LogP contribution in [-0.2, 0) is 24.4 Å². The van der Waals surface area contributed by atoms with Gasteiger partial charge in [-0.05, 0) is 78.9 Å². The zero-order valence-electron chi connectivity index (χ0n) is 20.7. The molecule has 3 aromatic carbocycles. The third kappa shape index (κ3) is 4.96. The minimum atomic E-state index is -0.764. The monoisotopic (exact) mass is 544 g/mol. The van der Waals surface area contributed by atoms with Gasteiger partial charge in [-0.3, -0.25) is 4.79 Å². The van der Waals surface area contributed by atoms with Crippen molar-refractivity contribution in [2.45, 2.75) is 44.8 Å². The summed E-state index contributed by atoms with van der Waals surface area (Å²) in [6, 6.07) is 23.7. The Balaban J connectivity index is 1.35. The lowest BCUT2D eigenvalue weighted by Crippen LogP contribution is -2.17. The molecule has 6 rings (SSSR count). The Bertz CT molecular complexity index is 1660. The molecular formula is C31H26Cl2N2O3. The van der Waals surface area contributed by atoms with Crippen molar-refractivity contribution in [3.05, 3.63) is 105 Å². The minimum Gasteiger partial charge on any atom is -0.487 e. The zero-order valence-corrected chi connectivity index (χ0v) is 22.2. The predicted octanol–water partition coefficient (Wildman–Crippen LogP) is 8.02. The van der Waals surface area contributed by atoms with Crippen LogP contribution in [0, 0.1) is 0 Å². The van der Waals surface area contributed by atoms with Gasteiger partial charge in [-0.25, -0.2) is 4.98 Å². The van der Waals surface area contributed by atoms with Crippen LogP contribution in [0.5, 0.6) is 5.75 Å². The van der Waals surface area contributed by atoms with E-state index in [-0.39, 0.29) is 12.3 Å². The van der Waals surface area contributed by atoms with Crippen LogP contribution in [0.25, 0.3) is 21.8 Å². The number of benzene rings is 3. The van der Waals surface area contributed by atoms with Crippen LogP contribution in [0.3, 0.4) is 0 Å². The lowest BCUT2D eigenvalue weighted by molar-refractivity contribution is -0.137. The topological polar surface area (TPSA) is 64.3 Å². The van der Waals surface area contributed by atoms with Crippen LogP contribution in [0.2, 0.25) is 10.0 Å². The largest absolute Gasteiger partial charge is 0.487 e. The number of carboxylic acid groups (broad SMARTS) is 1. The number of halogens is 2. The SMILES string of the molecule is O=C(O)CC1CCCc2c1n(Cc1ccc(Cl)cc1)c1ccc(OCc3ccc4ccc(Cl)cc4n3)cc21. The number of fused-ring (bicyclic) bond motifs is 4. The van der Waals surface area contributed by atoms with Crippen LogP contribution in [-0.4, -0.2) is 20.6 Å². The normalized spacial score (nSPS) is 15.1. The third-order valence-electron chi connectivity index (χ3n) is 7.32. The molecule has 5 aromatic rings. The average molecular weight is 545 g/mol. The van der Waals surface area contributed by atoms with Gasteiger partial charge in [0.1, 0.15) is 12.4 Å². The van der Waals surface area contributed by atoms with Gasteiger partial charge in [0.05, 0.1) is 17.6 Å². The van der Waals surface area contributed by atoms with E-state index in [1.54, 1.807) is 0 Å². The maximum absolute atomic E-state index is 11.7. The highest BCUT2D eigenvalue weighted by Gasteiger charge is 2.29. The fourth-order valence-corrected chi connectivity index (χ4v) is 5.92. The molecular weight excluding hydrogens is 519 g/mol. The van der Waals surface area contributed by atoms with Gasteiger partial charge in [-0.1, -0.05) is 47.5 Å². The van der Waals surface area contributed by atoms with Crippen LogP contribution >= 0.6 is 23.2 Å². The number of ether oxygens (including phenoxy) is 1. The number of hydrogen-bond donors (Lipinski definition) is 1. The van der Waals surface area contributed by atoms with Gasteiger partial charge in [-0.15, -0.1) is 0 Å². The molecule has 0 amide bonds. The molecule has 1 atom stereocenters. The molecule has 5 nitrogen and oxygen atoms in total. The number of pyridine rings is 1. The summed E-state index contributed by atoms with van der Waals surface area (Å²) in [7, 11) is 0. The van der Waals surface area contributed by atoms with Crippen LogP contribution in [0.4, 0.5) is 0 Å². The standard InChI is InChI=1S/C31H26Cl2N2O3/c32-22-8-4-19(5-9-22)17-35-29-13-12-25(16-27(29)26-3-1-2-21(31(26)35)14-30(36)37)38-18-24-11-7-20-6-10-23(33)15-28(20)34-24/h4-13,15-16,21H,1-3,14,17-18H2,(H,36,37). The van der Waals surface area contributed by atoms with Gasteiger partial charge in [0.2, 0.25) is 0 Å². The van der Waals surface area contributed by atoms with Crippen molar-refractivity contribution in [1.29, 1.82) is 0 Å². The second-order valence-electron chi connectivity index (χ2n) is 9.87. The molecule has 0 saturated carbocycles. The number of aryl methyl sites for hydroxylation is 1. The number of aliphatic carboxylic acids is 1. The van der Waals surface area contributed by atoms with E-state index >= 15 is 0 Å². The Morgan fingerprint density at radius 1 is 1.00 bits per heavy atom. The third-order valence-corrected chi connectivity index (χ3v) is 7.81. The minimum absolute atomic E-state index is 0.0195. The predicted molar refractivity (Wildman–Crippen MR) is 152 cm³/mol. The molecule has 0 aliphatic heterocycles. The van der Waals surface area contributed by atoms with Gasteiger partial charge < -0.3 is 14.4 Å². The summed E-state index contributed by atoms with van der Waals surface area (Å²) in [4.78, 5) is 16.4. The molecule has 0 radical (unpaired) electrons. The van der Waals surface area contributed by atoms with Gasteiger partial charge in [-0.2, -0.15) is 0 Å². The smallest absolute Gasteiger partial charge is 0.304 e. The Morgan fingerprint density at radius 3 is 2.61 bits per heavy atom. The van der Waals surface area contributed by atoms with E-state index in [1.165, 1.54) is 5.56 Å². The van der Waals surface area contributed by atoms with E-state index in [1.807, 2.05) is 60.7 Å². The maximum atomic E-state index is 11.7. The summed E-state index contributed by atoms with van der Waals surface area (Å²) in [5, 5.41) is 13.1. The molecule has 1 aliphatic rings. The first kappa shape index (κ1) is 24.8. The first-order valence-electron chi connectivity index (χ1n) is 12.7. The number of carboxylic acids is 1. The Kier molecular flexibility index (Phi) is 6.73. The Hall–Kier alpha value is -3.54. The highest BCUT2D eigenvalue weighted by Crippen LogP contribution is 2.41. The summed E-state index contributed by atoms with van der Waals surface area (Å²) >= 11 is 12.3. The summed E-state index contributed by atoms with van der Waals surface area (Å²) in [6.07, 6.45) is 2.90. The summed E-state index contributed by atoms with van der Waals surface area (Å²) in [6.45, 7) is 0.992. The number of aromatic nitrogens is 2. The molecule has 192 valence electrons. The molecule has 1 aliphatic carbocycles. The van der Waals surface area contributed by atoms with Crippen LogP contribution in [0.1, 0.15) is 47.7 Å². The fraction of sp³-hybridized carbons (Fsp3) is 0.226. The number of carbonyl (C=O) groups is 1. The molecule has 2 aromatic heterocycles. The number of rotatable bonds is 7. The van der Waals surface area contributed by atoms with Crippen molar-refractivity contribution in [2.24, 2.45) is 0 Å². The first-order chi connectivity index (χ1) is 18.4. The van der Waals surface area contributed by atoms with Crippen LogP contribution in [0.15, 0.2) is 72.8 Å². The van der Waals surface area contributed by atoms with Gasteiger partial charge in [0.15, 0.2) is 0 Å². The highest BCUT2D eigenvalue weighted by molar-refractivity contribution is 6.31. The average Bonchev–Trinajstić information content (AvgIpc) is 3.22. The summed E-state index contributed by atoms with van der Waals surface area (Å²) < 4.78 is 8.48. The van der Waals surface area contributed by atoms with Crippen molar-refractivity contribution in [1.82, 2.24) is 9.55 Å². The zero-order chi connectivity index (χ0) is 26.2. The molecule has 1 unspecified atom stereocenters. The Morgan fingerprint density at radius 2 is 1.79 bits per heavy atom. The molecule has 0 saturated heterocycles. The maximum Gasteiger partial charge on any atom is 0.304 e. The molecule has 0 bridgehead atoms. The van der Waals surface area contributed by atoms with E-state index in [0.29, 0.717) is 23.2 Å². The molecule has 7 heteroatoms. The van der Waals surface area contributed by atoms with Crippen LogP contribution < -0.4 is 4.74 Å². The van der Waals surface area contributed by atoms with Gasteiger partial charge in [0.25, 0.3) is 0 Å². The fourth-order valence-electron chi connectivity index (χ4n) is 5.63. The van der Waals surface area contributed by atoms with E-state index in [4.69, 9.17) is 32.9 Å². The second-order valence-corrected chi connectivity index (χ2v) is 10.7. The van der Waals surface area contributed by atoms with Gasteiger partial charge in [0, 0.05) is 44.5 Å². The number of hydrogen-bond acceptors (Lipinski definition) is 3. The first-order valence-corrected chi connectivity index (χ1v) is 13.5. The van der Waals surface area contributed by atoms with Crippen molar-refractivity contribution in [2.75, 3.05) is 0 Å². The molecule has 2 heterocycles. The molecule has 0 fully saturated rings. The molecule has 0 spiro atoms. The second kappa shape index (κ2) is 10.3. The van der Waals surface area contributed by atoms with E-state index in [9.17, 15) is 9.90 Å². The number of nitrogens with zero attached hydrogens (tertiary/aromatic N) is 2. The van der Waals surface area contributed by atoms with Crippen molar-refractivity contribution >= 4 is 51.0 Å².